The molecular weight excluding hydrogens is 426 g/mol. The number of benzene rings is 1. The lowest BCUT2D eigenvalue weighted by Crippen LogP contribution is -2.58. The van der Waals surface area contributed by atoms with E-state index >= 15 is 0 Å². The first-order valence-corrected chi connectivity index (χ1v) is 11.2. The van der Waals surface area contributed by atoms with Crippen LogP contribution in [0.25, 0.3) is 0 Å². The molecule has 4 atom stereocenters. The number of carboxylic acids is 1. The van der Waals surface area contributed by atoms with E-state index in [0.717, 1.165) is 12.0 Å². The van der Waals surface area contributed by atoms with Crippen LogP contribution in [0.3, 0.4) is 0 Å². The Labute approximate surface area is 194 Å². The van der Waals surface area contributed by atoms with Crippen LogP contribution in [0.15, 0.2) is 30.3 Å². The molecule has 0 radical (unpaired) electrons. The number of nitrogens with one attached hydrogen (secondary N) is 3. The fraction of sp³-hybridized carbons (Fsp3) is 0.565. The lowest BCUT2D eigenvalue weighted by molar-refractivity contribution is -0.141. The average molecular weight is 464 g/mol. The van der Waals surface area contributed by atoms with Crippen LogP contribution < -0.4 is 27.4 Å². The number of hydrogen-bond acceptors (Lipinski definition) is 6. The highest BCUT2D eigenvalue weighted by Gasteiger charge is 2.31. The van der Waals surface area contributed by atoms with Crippen LogP contribution in [0, 0.1) is 5.92 Å². The second-order valence-corrected chi connectivity index (χ2v) is 8.44. The fourth-order valence-electron chi connectivity index (χ4n) is 3.13. The maximum Gasteiger partial charge on any atom is 0.325 e. The second kappa shape index (κ2) is 14.2. The summed E-state index contributed by atoms with van der Waals surface area (Å²) in [4.78, 5) is 49.5. The summed E-state index contributed by atoms with van der Waals surface area (Å²) in [5, 5.41) is 16.8. The third kappa shape index (κ3) is 10.0. The van der Waals surface area contributed by atoms with E-state index in [9.17, 15) is 19.2 Å². The van der Waals surface area contributed by atoms with E-state index in [4.69, 9.17) is 16.6 Å². The summed E-state index contributed by atoms with van der Waals surface area (Å²) in [5.41, 5.74) is 12.2. The van der Waals surface area contributed by atoms with Crippen molar-refractivity contribution < 1.29 is 24.3 Å². The van der Waals surface area contributed by atoms with Gasteiger partial charge < -0.3 is 32.5 Å². The summed E-state index contributed by atoms with van der Waals surface area (Å²) in [7, 11) is 0. The largest absolute Gasteiger partial charge is 0.480 e. The number of carbonyl (C=O) groups is 4. The van der Waals surface area contributed by atoms with Crippen molar-refractivity contribution in [2.45, 2.75) is 70.6 Å². The van der Waals surface area contributed by atoms with Crippen molar-refractivity contribution in [3.8, 4) is 0 Å². The third-order valence-corrected chi connectivity index (χ3v) is 5.20. The van der Waals surface area contributed by atoms with Gasteiger partial charge in [-0.05, 0) is 37.8 Å². The van der Waals surface area contributed by atoms with Gasteiger partial charge in [-0.1, -0.05) is 50.6 Å². The summed E-state index contributed by atoms with van der Waals surface area (Å²) in [6.07, 6.45) is 2.05. The lowest BCUT2D eigenvalue weighted by Gasteiger charge is -2.26. The van der Waals surface area contributed by atoms with Crippen molar-refractivity contribution in [2.24, 2.45) is 17.4 Å². The molecule has 0 aromatic heterocycles. The molecule has 184 valence electrons. The summed E-state index contributed by atoms with van der Waals surface area (Å²) >= 11 is 0. The van der Waals surface area contributed by atoms with E-state index in [0.29, 0.717) is 19.4 Å². The van der Waals surface area contributed by atoms with E-state index in [2.05, 4.69) is 16.0 Å². The molecule has 1 rings (SSSR count). The molecule has 33 heavy (non-hydrogen) atoms. The van der Waals surface area contributed by atoms with E-state index in [-0.39, 0.29) is 12.3 Å². The molecule has 0 aliphatic rings. The van der Waals surface area contributed by atoms with E-state index in [1.54, 1.807) is 38.1 Å². The molecule has 0 saturated heterocycles. The van der Waals surface area contributed by atoms with Crippen LogP contribution in [-0.2, 0) is 25.6 Å². The van der Waals surface area contributed by atoms with Crippen molar-refractivity contribution in [3.63, 3.8) is 0 Å². The van der Waals surface area contributed by atoms with Gasteiger partial charge in [-0.25, -0.2) is 0 Å². The highest BCUT2D eigenvalue weighted by Crippen LogP contribution is 2.08. The van der Waals surface area contributed by atoms with Gasteiger partial charge in [0.15, 0.2) is 0 Å². The smallest absolute Gasteiger partial charge is 0.325 e. The first kappa shape index (κ1) is 28.1. The normalized spacial score (nSPS) is 14.6. The standard InChI is InChI=1S/C23H37N5O5/c1-14(2)19(28-20(29)17(25)11-7-8-12-24)22(31)27-18(13-16-9-5-4-6-10-16)21(30)26-15(3)23(32)33/h4-6,9-10,14-15,17-19H,7-8,11-13,24-25H2,1-3H3,(H,26,30)(H,27,31)(H,28,29)(H,32,33). The Kier molecular flexibility index (Phi) is 12.1. The maximum absolute atomic E-state index is 13.0. The van der Waals surface area contributed by atoms with Crippen LogP contribution in [0.5, 0.6) is 0 Å². The number of unbranched alkanes of at least 4 members (excludes halogenated alkanes) is 1. The van der Waals surface area contributed by atoms with E-state index < -0.39 is 47.9 Å². The van der Waals surface area contributed by atoms with Gasteiger partial charge in [0.05, 0.1) is 6.04 Å². The molecule has 1 aromatic rings. The quantitative estimate of drug-likeness (QED) is 0.209. The minimum Gasteiger partial charge on any atom is -0.480 e. The predicted octanol–water partition coefficient (Wildman–Crippen LogP) is -0.0997. The number of rotatable bonds is 14. The first-order chi connectivity index (χ1) is 15.6. The minimum absolute atomic E-state index is 0.155. The zero-order valence-electron chi connectivity index (χ0n) is 19.5. The Balaban J connectivity index is 2.94. The maximum atomic E-state index is 13.0. The van der Waals surface area contributed by atoms with Gasteiger partial charge in [0.25, 0.3) is 0 Å². The zero-order valence-corrected chi connectivity index (χ0v) is 19.5. The van der Waals surface area contributed by atoms with Crippen LogP contribution in [-0.4, -0.2) is 59.5 Å². The summed E-state index contributed by atoms with van der Waals surface area (Å²) in [6, 6.07) is 5.18. The van der Waals surface area contributed by atoms with Gasteiger partial charge in [0, 0.05) is 6.42 Å². The Hall–Kier alpha value is -2.98. The molecule has 0 aliphatic carbocycles. The van der Waals surface area contributed by atoms with Crippen molar-refractivity contribution >= 4 is 23.7 Å². The molecule has 1 aromatic carbocycles. The number of aliphatic carboxylic acids is 1. The molecule has 0 bridgehead atoms. The Morgan fingerprint density at radius 3 is 2.09 bits per heavy atom. The SMILES string of the molecule is CC(NC(=O)C(Cc1ccccc1)NC(=O)C(NC(=O)C(N)CCCCN)C(C)C)C(=O)O. The molecule has 0 saturated carbocycles. The highest BCUT2D eigenvalue weighted by molar-refractivity contribution is 5.94. The molecule has 10 nitrogen and oxygen atoms in total. The van der Waals surface area contributed by atoms with Crippen LogP contribution >= 0.6 is 0 Å². The third-order valence-electron chi connectivity index (χ3n) is 5.20. The number of amides is 3. The van der Waals surface area contributed by atoms with E-state index in [1.165, 1.54) is 6.92 Å². The van der Waals surface area contributed by atoms with Crippen LogP contribution in [0.1, 0.15) is 45.6 Å². The molecule has 0 aliphatic heterocycles. The summed E-state index contributed by atoms with van der Waals surface area (Å²) in [6.45, 7) is 5.38. The molecule has 10 heteroatoms. The Morgan fingerprint density at radius 2 is 1.55 bits per heavy atom. The number of nitrogens with two attached hydrogens (primary N) is 2. The number of carbonyl (C=O) groups excluding carboxylic acids is 3. The van der Waals surface area contributed by atoms with Gasteiger partial charge in [-0.3, -0.25) is 19.2 Å². The minimum atomic E-state index is -1.19. The monoisotopic (exact) mass is 463 g/mol. The highest BCUT2D eigenvalue weighted by atomic mass is 16.4. The topological polar surface area (TPSA) is 177 Å². The molecule has 0 fully saturated rings. The molecular formula is C23H37N5O5. The molecule has 0 heterocycles. The molecule has 0 spiro atoms. The Bertz CT molecular complexity index is 787. The lowest BCUT2D eigenvalue weighted by atomic mass is 10.00. The van der Waals surface area contributed by atoms with Crippen LogP contribution in [0.4, 0.5) is 0 Å². The van der Waals surface area contributed by atoms with E-state index in [1.807, 2.05) is 6.07 Å². The molecule has 4 unspecified atom stereocenters. The van der Waals surface area contributed by atoms with Crippen molar-refractivity contribution in [2.75, 3.05) is 6.54 Å². The zero-order chi connectivity index (χ0) is 25.0. The number of hydrogen-bond donors (Lipinski definition) is 6. The predicted molar refractivity (Wildman–Crippen MR) is 125 cm³/mol. The van der Waals surface area contributed by atoms with Gasteiger partial charge in [-0.2, -0.15) is 0 Å². The fourth-order valence-corrected chi connectivity index (χ4v) is 3.13. The summed E-state index contributed by atoms with van der Waals surface area (Å²) < 4.78 is 0. The van der Waals surface area contributed by atoms with Gasteiger partial charge >= 0.3 is 5.97 Å². The molecule has 3 amide bonds. The van der Waals surface area contributed by atoms with Crippen molar-refractivity contribution in [1.29, 1.82) is 0 Å². The summed E-state index contributed by atoms with van der Waals surface area (Å²) in [5.74, 6) is -3.10. The number of carboxylic acid groups (broad SMARTS) is 1. The first-order valence-electron chi connectivity index (χ1n) is 11.2. The van der Waals surface area contributed by atoms with Gasteiger partial charge in [-0.15, -0.1) is 0 Å². The van der Waals surface area contributed by atoms with Gasteiger partial charge in [0.1, 0.15) is 18.1 Å². The van der Waals surface area contributed by atoms with Crippen molar-refractivity contribution in [3.05, 3.63) is 35.9 Å². The average Bonchev–Trinajstić information content (AvgIpc) is 2.77. The van der Waals surface area contributed by atoms with Crippen LogP contribution in [0.2, 0.25) is 0 Å². The molecule has 8 N–H and O–H groups in total. The second-order valence-electron chi connectivity index (χ2n) is 8.44. The van der Waals surface area contributed by atoms with Gasteiger partial charge in [0.2, 0.25) is 17.7 Å². The van der Waals surface area contributed by atoms with Crippen molar-refractivity contribution in [1.82, 2.24) is 16.0 Å². The Morgan fingerprint density at radius 1 is 0.909 bits per heavy atom.